The van der Waals surface area contributed by atoms with Gasteiger partial charge in [-0.15, -0.1) is 0 Å². The molecule has 1 atom stereocenters. The van der Waals surface area contributed by atoms with E-state index in [1.54, 1.807) is 24.5 Å². The second-order valence-corrected chi connectivity index (χ2v) is 6.10. The van der Waals surface area contributed by atoms with E-state index in [0.29, 0.717) is 17.3 Å². The Kier molecular flexibility index (Phi) is 4.22. The van der Waals surface area contributed by atoms with Gasteiger partial charge in [0.05, 0.1) is 0 Å². The van der Waals surface area contributed by atoms with Crippen LogP contribution in [0, 0.1) is 5.92 Å². The summed E-state index contributed by atoms with van der Waals surface area (Å²) < 4.78 is 0. The Labute approximate surface area is 129 Å². The largest absolute Gasteiger partial charge is 0.377 e. The molecule has 1 aromatic heterocycles. The molecule has 0 saturated heterocycles. The summed E-state index contributed by atoms with van der Waals surface area (Å²) in [5.41, 5.74) is 0.698. The van der Waals surface area contributed by atoms with Crippen molar-refractivity contribution in [1.82, 2.24) is 4.98 Å². The van der Waals surface area contributed by atoms with Gasteiger partial charge in [-0.25, -0.2) is 0 Å². The number of anilines is 3. The highest BCUT2D eigenvalue weighted by molar-refractivity contribution is 5.78. The minimum Gasteiger partial charge on any atom is -0.377 e. The van der Waals surface area contributed by atoms with Gasteiger partial charge in [-0.1, -0.05) is 19.3 Å². The first-order valence-corrected chi connectivity index (χ1v) is 7.93. The maximum absolute atomic E-state index is 11.9. The first-order chi connectivity index (χ1) is 10.7. The van der Waals surface area contributed by atoms with Crippen molar-refractivity contribution < 1.29 is 0 Å². The zero-order chi connectivity index (χ0) is 15.5. The molecule has 116 valence electrons. The van der Waals surface area contributed by atoms with Crippen LogP contribution in [0.1, 0.15) is 39.0 Å². The van der Waals surface area contributed by atoms with E-state index in [9.17, 15) is 9.59 Å². The van der Waals surface area contributed by atoms with Crippen molar-refractivity contribution in [1.29, 1.82) is 0 Å². The molecule has 22 heavy (non-hydrogen) atoms. The van der Waals surface area contributed by atoms with Gasteiger partial charge in [0.1, 0.15) is 11.4 Å². The van der Waals surface area contributed by atoms with E-state index in [2.05, 4.69) is 22.5 Å². The van der Waals surface area contributed by atoms with Crippen LogP contribution in [-0.4, -0.2) is 11.0 Å². The van der Waals surface area contributed by atoms with E-state index < -0.39 is 10.9 Å². The maximum Gasteiger partial charge on any atom is 0.253 e. The number of rotatable bonds is 5. The molecule has 2 aromatic rings. The van der Waals surface area contributed by atoms with Crippen molar-refractivity contribution in [3.8, 4) is 0 Å². The average molecular weight is 299 g/mol. The molecule has 1 aliphatic rings. The zero-order valence-electron chi connectivity index (χ0n) is 12.8. The summed E-state index contributed by atoms with van der Waals surface area (Å²) in [6, 6.07) is 3.75. The van der Waals surface area contributed by atoms with Crippen LogP contribution in [0.15, 0.2) is 34.1 Å². The van der Waals surface area contributed by atoms with Crippen molar-refractivity contribution in [2.75, 3.05) is 10.6 Å². The fourth-order valence-electron chi connectivity index (χ4n) is 3.21. The smallest absolute Gasteiger partial charge is 0.253 e. The molecular weight excluding hydrogens is 278 g/mol. The number of aromatic nitrogens is 1. The van der Waals surface area contributed by atoms with E-state index in [4.69, 9.17) is 0 Å². The monoisotopic (exact) mass is 299 g/mol. The highest BCUT2D eigenvalue weighted by Crippen LogP contribution is 2.29. The molecule has 5 heteroatoms. The van der Waals surface area contributed by atoms with Gasteiger partial charge in [-0.05, 0) is 37.8 Å². The summed E-state index contributed by atoms with van der Waals surface area (Å²) in [5.74, 6) is 0.576. The van der Waals surface area contributed by atoms with Crippen molar-refractivity contribution >= 4 is 17.1 Å². The number of pyridine rings is 1. The maximum atomic E-state index is 11.9. The van der Waals surface area contributed by atoms with Crippen LogP contribution < -0.4 is 21.5 Å². The predicted molar refractivity (Wildman–Crippen MR) is 88.5 cm³/mol. The van der Waals surface area contributed by atoms with Gasteiger partial charge in [0.15, 0.2) is 0 Å². The molecule has 0 bridgehead atoms. The summed E-state index contributed by atoms with van der Waals surface area (Å²) in [7, 11) is 0. The Morgan fingerprint density at radius 3 is 2.36 bits per heavy atom. The van der Waals surface area contributed by atoms with E-state index >= 15 is 0 Å². The molecule has 1 aromatic carbocycles. The van der Waals surface area contributed by atoms with E-state index in [0.717, 1.165) is 5.69 Å². The van der Waals surface area contributed by atoms with Crippen LogP contribution >= 0.6 is 0 Å². The highest BCUT2D eigenvalue weighted by atomic mass is 16.2. The lowest BCUT2D eigenvalue weighted by molar-refractivity contribution is 0.328. The van der Waals surface area contributed by atoms with Crippen molar-refractivity contribution in [2.45, 2.75) is 45.1 Å². The lowest BCUT2D eigenvalue weighted by Gasteiger charge is -2.29. The molecule has 0 unspecified atom stereocenters. The first-order valence-electron chi connectivity index (χ1n) is 7.93. The Morgan fingerprint density at radius 2 is 1.68 bits per heavy atom. The molecule has 2 N–H and O–H groups in total. The number of nitrogens with one attached hydrogen (secondary N) is 2. The normalized spacial score (nSPS) is 17.3. The number of nitrogens with zero attached hydrogens (tertiary/aromatic N) is 1. The van der Waals surface area contributed by atoms with Crippen LogP contribution in [0.25, 0.3) is 0 Å². The predicted octanol–water partition coefficient (Wildman–Crippen LogP) is 2.80. The van der Waals surface area contributed by atoms with Gasteiger partial charge < -0.3 is 10.6 Å². The zero-order valence-corrected chi connectivity index (χ0v) is 12.8. The SMILES string of the molecule is C[C@@H](Nc1c(Nc2ccncc2)c(=O)c1=O)C1CCCCC1. The standard InChI is InChI=1S/C17H21N3O2/c1-11(12-5-3-2-4-6-12)19-14-15(17(22)16(14)21)20-13-7-9-18-10-8-13/h7-12,19H,2-6H2,1H3,(H,18,20)/t11-/m1/s1. The molecule has 1 fully saturated rings. The molecule has 5 nitrogen and oxygen atoms in total. The molecule has 0 radical (unpaired) electrons. The first kappa shape index (κ1) is 14.8. The highest BCUT2D eigenvalue weighted by Gasteiger charge is 2.26. The van der Waals surface area contributed by atoms with Crippen molar-refractivity contribution in [3.05, 3.63) is 45.0 Å². The van der Waals surface area contributed by atoms with Gasteiger partial charge in [0.2, 0.25) is 0 Å². The van der Waals surface area contributed by atoms with E-state index in [-0.39, 0.29) is 6.04 Å². The van der Waals surface area contributed by atoms with Gasteiger partial charge in [-0.2, -0.15) is 0 Å². The molecule has 0 spiro atoms. The second kappa shape index (κ2) is 6.30. The minimum absolute atomic E-state index is 0.210. The van der Waals surface area contributed by atoms with Gasteiger partial charge in [0.25, 0.3) is 10.9 Å². The average Bonchev–Trinajstić information content (AvgIpc) is 2.59. The Hall–Kier alpha value is -2.17. The summed E-state index contributed by atoms with van der Waals surface area (Å²) >= 11 is 0. The third-order valence-corrected chi connectivity index (χ3v) is 4.59. The van der Waals surface area contributed by atoms with Crippen LogP contribution in [0.3, 0.4) is 0 Å². The Balaban J connectivity index is 1.73. The molecule has 0 aliphatic heterocycles. The molecule has 0 amide bonds. The number of hydrogen-bond donors (Lipinski definition) is 2. The van der Waals surface area contributed by atoms with Gasteiger partial charge in [0, 0.05) is 24.1 Å². The lowest BCUT2D eigenvalue weighted by atomic mass is 9.84. The number of hydrogen-bond acceptors (Lipinski definition) is 5. The van der Waals surface area contributed by atoms with Crippen LogP contribution in [0.5, 0.6) is 0 Å². The summed E-state index contributed by atoms with van der Waals surface area (Å²) in [5, 5.41) is 6.29. The van der Waals surface area contributed by atoms with E-state index in [1.807, 2.05) is 0 Å². The second-order valence-electron chi connectivity index (χ2n) is 6.10. The third-order valence-electron chi connectivity index (χ3n) is 4.59. The van der Waals surface area contributed by atoms with E-state index in [1.165, 1.54) is 32.1 Å². The fraction of sp³-hybridized carbons (Fsp3) is 0.471. The van der Waals surface area contributed by atoms with Crippen molar-refractivity contribution in [2.24, 2.45) is 5.92 Å². The summed E-state index contributed by atoms with van der Waals surface area (Å²) in [6.45, 7) is 2.10. The molecule has 3 rings (SSSR count). The fourth-order valence-corrected chi connectivity index (χ4v) is 3.21. The topological polar surface area (TPSA) is 71.1 Å². The molecule has 1 aliphatic carbocycles. The molecule has 1 saturated carbocycles. The van der Waals surface area contributed by atoms with Gasteiger partial charge >= 0.3 is 0 Å². The van der Waals surface area contributed by atoms with Gasteiger partial charge in [-0.3, -0.25) is 14.6 Å². The molecular formula is C17H21N3O2. The summed E-state index contributed by atoms with van der Waals surface area (Å²) in [6.07, 6.45) is 9.48. The quantitative estimate of drug-likeness (QED) is 0.831. The van der Waals surface area contributed by atoms with Crippen molar-refractivity contribution in [3.63, 3.8) is 0 Å². The van der Waals surface area contributed by atoms with Crippen LogP contribution in [0.4, 0.5) is 17.1 Å². The Morgan fingerprint density at radius 1 is 1.05 bits per heavy atom. The lowest BCUT2D eigenvalue weighted by Crippen LogP contribution is -2.40. The van der Waals surface area contributed by atoms with Crippen LogP contribution in [0.2, 0.25) is 0 Å². The third kappa shape index (κ3) is 2.89. The van der Waals surface area contributed by atoms with Crippen LogP contribution in [-0.2, 0) is 0 Å². The minimum atomic E-state index is -0.449. The molecule has 1 heterocycles. The Bertz CT molecular complexity index is 698. The summed E-state index contributed by atoms with van der Waals surface area (Å²) in [4.78, 5) is 27.6.